The van der Waals surface area contributed by atoms with E-state index in [0.717, 1.165) is 30.4 Å². The van der Waals surface area contributed by atoms with Gasteiger partial charge in [0.15, 0.2) is 0 Å². The van der Waals surface area contributed by atoms with Crippen LogP contribution < -0.4 is 10.6 Å². The van der Waals surface area contributed by atoms with Gasteiger partial charge in [-0.25, -0.2) is 9.59 Å². The van der Waals surface area contributed by atoms with Gasteiger partial charge >= 0.3 is 12.2 Å². The summed E-state index contributed by atoms with van der Waals surface area (Å²) in [5.74, 6) is -0.0410. The number of alkyl carbamates (subject to hydrolysis) is 2. The number of ether oxygens (including phenoxy) is 2. The van der Waals surface area contributed by atoms with Crippen molar-refractivity contribution in [1.82, 2.24) is 10.6 Å². The van der Waals surface area contributed by atoms with Gasteiger partial charge in [-0.1, -0.05) is 197 Å². The Morgan fingerprint density at radius 1 is 0.484 bits per heavy atom. The maximum Gasteiger partial charge on any atom is 0.407 e. The molecule has 0 unspecified atom stereocenters. The fraction of sp³-hybridized carbons (Fsp3) is 0.321. The van der Waals surface area contributed by atoms with Crippen LogP contribution in [-0.4, -0.2) is 37.5 Å². The molecule has 0 heterocycles. The molecule has 2 aliphatic rings. The lowest BCUT2D eigenvalue weighted by Gasteiger charge is -2.57. The molecule has 0 fully saturated rings. The van der Waals surface area contributed by atoms with Crippen LogP contribution in [0.15, 0.2) is 146 Å². The van der Waals surface area contributed by atoms with Crippen molar-refractivity contribution in [3.63, 3.8) is 0 Å². The summed E-state index contributed by atoms with van der Waals surface area (Å²) < 4.78 is 12.2. The lowest BCUT2D eigenvalue weighted by atomic mass is 9.52. The first-order chi connectivity index (χ1) is 29.9. The molecule has 318 valence electrons. The predicted molar refractivity (Wildman–Crippen MR) is 251 cm³/mol. The minimum absolute atomic E-state index is 0.0130. The average Bonchev–Trinajstić information content (AvgIpc) is 3.78. The van der Waals surface area contributed by atoms with Crippen molar-refractivity contribution < 1.29 is 19.1 Å². The minimum atomic E-state index is -0.812. The molecule has 0 atom stereocenters. The van der Waals surface area contributed by atoms with Crippen molar-refractivity contribution in [3.8, 4) is 22.3 Å². The molecule has 6 aromatic rings. The molecule has 0 spiro atoms. The average molecular weight is 825 g/mol. The number of hydrogen-bond donors (Lipinski definition) is 2. The number of fused-ring (bicyclic) bond motifs is 6. The SMILES string of the molecule is Cc1ccc(C(C)(C)C(CCCCCNC(=O)OCC2c3ccccc3-c3ccccc32)(NC(=O)OCC2c3ccccc3-c3ccccc32)C(C)(C)c2ccc(C)cc2)cc1. The monoisotopic (exact) mass is 824 g/mol. The Labute approximate surface area is 368 Å². The van der Waals surface area contributed by atoms with Crippen molar-refractivity contribution >= 4 is 12.2 Å². The zero-order valence-electron chi connectivity index (χ0n) is 37.1. The summed E-state index contributed by atoms with van der Waals surface area (Å²) in [4.78, 5) is 27.7. The summed E-state index contributed by atoms with van der Waals surface area (Å²) in [5, 5.41) is 6.64. The van der Waals surface area contributed by atoms with Crippen LogP contribution in [0.2, 0.25) is 0 Å². The molecular weight excluding hydrogens is 765 g/mol. The second kappa shape index (κ2) is 17.7. The summed E-state index contributed by atoms with van der Waals surface area (Å²) in [5.41, 5.74) is 12.3. The zero-order chi connectivity index (χ0) is 43.5. The van der Waals surface area contributed by atoms with Gasteiger partial charge in [-0.3, -0.25) is 0 Å². The highest BCUT2D eigenvalue weighted by Crippen LogP contribution is 2.51. The van der Waals surface area contributed by atoms with Crippen LogP contribution in [0.5, 0.6) is 0 Å². The van der Waals surface area contributed by atoms with Gasteiger partial charge in [-0.05, 0) is 82.3 Å². The van der Waals surface area contributed by atoms with Gasteiger partial charge < -0.3 is 20.1 Å². The largest absolute Gasteiger partial charge is 0.449 e. The van der Waals surface area contributed by atoms with Crippen LogP contribution >= 0.6 is 0 Å². The van der Waals surface area contributed by atoms with Crippen LogP contribution in [0.4, 0.5) is 9.59 Å². The molecule has 62 heavy (non-hydrogen) atoms. The van der Waals surface area contributed by atoms with E-state index < -0.39 is 28.6 Å². The summed E-state index contributed by atoms with van der Waals surface area (Å²) in [7, 11) is 0. The maximum atomic E-state index is 14.6. The van der Waals surface area contributed by atoms with E-state index in [1.807, 2.05) is 12.1 Å². The summed E-state index contributed by atoms with van der Waals surface area (Å²) in [6, 6.07) is 51.0. The van der Waals surface area contributed by atoms with Crippen molar-refractivity contribution in [1.29, 1.82) is 0 Å². The zero-order valence-corrected chi connectivity index (χ0v) is 37.1. The third kappa shape index (κ3) is 8.03. The summed E-state index contributed by atoms with van der Waals surface area (Å²) >= 11 is 0. The van der Waals surface area contributed by atoms with Gasteiger partial charge in [0.05, 0.1) is 5.54 Å². The van der Waals surface area contributed by atoms with Gasteiger partial charge in [0.1, 0.15) is 13.2 Å². The minimum Gasteiger partial charge on any atom is -0.449 e. The van der Waals surface area contributed by atoms with Crippen LogP contribution in [0.25, 0.3) is 22.3 Å². The second-order valence-electron chi connectivity index (χ2n) is 18.4. The molecule has 0 bridgehead atoms. The quantitative estimate of drug-likeness (QED) is 0.101. The molecule has 0 aromatic heterocycles. The molecule has 2 amide bonds. The third-order valence-corrected chi connectivity index (χ3v) is 14.2. The molecule has 6 nitrogen and oxygen atoms in total. The van der Waals surface area contributed by atoms with E-state index in [9.17, 15) is 9.59 Å². The Morgan fingerprint density at radius 2 is 0.855 bits per heavy atom. The highest BCUT2D eigenvalue weighted by atomic mass is 16.6. The van der Waals surface area contributed by atoms with Crippen LogP contribution in [0, 0.1) is 13.8 Å². The Hall–Kier alpha value is -6.14. The lowest BCUT2D eigenvalue weighted by molar-refractivity contribution is 0.0657. The van der Waals surface area contributed by atoms with E-state index in [-0.39, 0.29) is 25.0 Å². The molecule has 0 saturated carbocycles. The molecule has 0 radical (unpaired) electrons. The van der Waals surface area contributed by atoms with Gasteiger partial charge in [0.2, 0.25) is 0 Å². The first-order valence-corrected chi connectivity index (χ1v) is 22.3. The number of hydrogen-bond acceptors (Lipinski definition) is 4. The van der Waals surface area contributed by atoms with E-state index in [4.69, 9.17) is 9.47 Å². The number of unbranched alkanes of at least 4 members (excludes halogenated alkanes) is 2. The maximum absolute atomic E-state index is 14.6. The van der Waals surface area contributed by atoms with Crippen molar-refractivity contribution in [2.45, 2.75) is 95.4 Å². The highest BCUT2D eigenvalue weighted by molar-refractivity contribution is 5.80. The third-order valence-electron chi connectivity index (χ3n) is 14.2. The van der Waals surface area contributed by atoms with Crippen molar-refractivity contribution in [2.24, 2.45) is 0 Å². The number of carbonyl (C=O) groups is 2. The number of amides is 2. The van der Waals surface area contributed by atoms with Gasteiger partial charge in [-0.2, -0.15) is 0 Å². The van der Waals surface area contributed by atoms with Crippen LogP contribution in [0.1, 0.15) is 110 Å². The standard InChI is InChI=1S/C56H60N2O4/c1-38-26-30-40(31-27-38)54(3,4)56(55(5,6)41-32-28-39(2)29-33-41,58-53(60)62-37-51-48-24-14-10-20-44(48)45-21-11-15-25-49(45)51)34-16-7-17-35-57-52(59)61-36-50-46-22-12-8-18-42(46)43-19-9-13-23-47(43)50/h8-15,18-33,50-51H,7,16-17,34-37H2,1-6H3,(H,57,59)(H,58,60). The first kappa shape index (κ1) is 42.5. The van der Waals surface area contributed by atoms with Gasteiger partial charge in [-0.15, -0.1) is 0 Å². The molecule has 2 aliphatic carbocycles. The molecule has 6 aromatic carbocycles. The van der Waals surface area contributed by atoms with E-state index >= 15 is 0 Å². The second-order valence-corrected chi connectivity index (χ2v) is 18.4. The van der Waals surface area contributed by atoms with E-state index in [1.54, 1.807) is 0 Å². The summed E-state index contributed by atoms with van der Waals surface area (Å²) in [6.07, 6.45) is 2.25. The number of aryl methyl sites for hydroxylation is 2. The molecule has 2 N–H and O–H groups in total. The van der Waals surface area contributed by atoms with E-state index in [2.05, 4.69) is 186 Å². The van der Waals surface area contributed by atoms with Gasteiger partial charge in [0.25, 0.3) is 0 Å². The Morgan fingerprint density at radius 3 is 1.26 bits per heavy atom. The Kier molecular flexibility index (Phi) is 12.1. The molecule has 8 rings (SSSR count). The summed E-state index contributed by atoms with van der Waals surface area (Å²) in [6.45, 7) is 14.3. The fourth-order valence-electron chi connectivity index (χ4n) is 10.6. The smallest absolute Gasteiger partial charge is 0.407 e. The Bertz CT molecular complexity index is 2390. The molecule has 6 heteroatoms. The first-order valence-electron chi connectivity index (χ1n) is 22.3. The predicted octanol–water partition coefficient (Wildman–Crippen LogP) is 12.9. The van der Waals surface area contributed by atoms with Crippen LogP contribution in [-0.2, 0) is 20.3 Å². The molecule has 0 aliphatic heterocycles. The van der Waals surface area contributed by atoms with E-state index in [0.29, 0.717) is 13.0 Å². The number of rotatable bonds is 15. The highest BCUT2D eigenvalue weighted by Gasteiger charge is 2.57. The fourth-order valence-corrected chi connectivity index (χ4v) is 10.6. The molecule has 0 saturated heterocycles. The Balaban J connectivity index is 0.994. The lowest BCUT2D eigenvalue weighted by Crippen LogP contribution is -2.69. The molecular formula is C56H60N2O4. The topological polar surface area (TPSA) is 76.7 Å². The van der Waals surface area contributed by atoms with Gasteiger partial charge in [0, 0.05) is 29.2 Å². The van der Waals surface area contributed by atoms with Crippen molar-refractivity contribution in [3.05, 3.63) is 190 Å². The normalized spacial score (nSPS) is 13.5. The number of carbonyl (C=O) groups excluding carboxylic acids is 2. The van der Waals surface area contributed by atoms with E-state index in [1.165, 1.54) is 55.6 Å². The number of nitrogens with one attached hydrogen (secondary N) is 2. The number of benzene rings is 6. The van der Waals surface area contributed by atoms with Crippen molar-refractivity contribution in [2.75, 3.05) is 19.8 Å². The van der Waals surface area contributed by atoms with Crippen LogP contribution in [0.3, 0.4) is 0 Å².